The molecule has 4 nitrogen and oxygen atoms in total. The Labute approximate surface area is 113 Å². The summed E-state index contributed by atoms with van der Waals surface area (Å²) < 4.78 is 10.6. The number of ether oxygens (including phenoxy) is 2. The molecule has 0 bridgehead atoms. The van der Waals surface area contributed by atoms with Crippen LogP contribution in [0.15, 0.2) is 42.5 Å². The number of anilines is 2. The molecule has 0 fully saturated rings. The van der Waals surface area contributed by atoms with E-state index in [1.54, 1.807) is 14.2 Å². The number of benzene rings is 2. The van der Waals surface area contributed by atoms with Gasteiger partial charge in [-0.15, -0.1) is 0 Å². The Morgan fingerprint density at radius 2 is 1.89 bits per heavy atom. The zero-order chi connectivity index (χ0) is 13.7. The Balaban J connectivity index is 2.30. The van der Waals surface area contributed by atoms with Crippen molar-refractivity contribution in [1.82, 2.24) is 0 Å². The van der Waals surface area contributed by atoms with Crippen LogP contribution in [0.25, 0.3) is 0 Å². The molecule has 0 aliphatic rings. The van der Waals surface area contributed by atoms with Crippen LogP contribution < -0.4 is 20.5 Å². The van der Waals surface area contributed by atoms with Gasteiger partial charge in [0.15, 0.2) is 0 Å². The van der Waals surface area contributed by atoms with Gasteiger partial charge in [-0.25, -0.2) is 0 Å². The number of hydrogen-bond donors (Lipinski definition) is 2. The molecule has 0 saturated carbocycles. The van der Waals surface area contributed by atoms with Crippen LogP contribution in [0.5, 0.6) is 11.5 Å². The fraction of sp³-hybridized carbons (Fsp3) is 0.200. The van der Waals surface area contributed by atoms with Gasteiger partial charge in [-0.1, -0.05) is 12.1 Å². The van der Waals surface area contributed by atoms with Crippen molar-refractivity contribution >= 4 is 11.4 Å². The maximum absolute atomic E-state index is 5.64. The molecular weight excluding hydrogens is 240 g/mol. The van der Waals surface area contributed by atoms with Gasteiger partial charge in [-0.2, -0.15) is 0 Å². The van der Waals surface area contributed by atoms with Crippen molar-refractivity contribution in [3.8, 4) is 11.5 Å². The second kappa shape index (κ2) is 6.11. The standard InChI is InChI=1S/C15H18N2O2/c1-18-13-6-7-15(19-2)14(9-13)17-12-5-3-4-11(8-12)10-16/h3-9,17H,10,16H2,1-2H3. The summed E-state index contributed by atoms with van der Waals surface area (Å²) in [7, 11) is 3.28. The van der Waals surface area contributed by atoms with Crippen LogP contribution in [0, 0.1) is 0 Å². The first-order valence-corrected chi connectivity index (χ1v) is 6.05. The number of nitrogens with two attached hydrogens (primary N) is 1. The molecule has 0 spiro atoms. The fourth-order valence-electron chi connectivity index (χ4n) is 1.84. The van der Waals surface area contributed by atoms with Gasteiger partial charge in [0, 0.05) is 18.3 Å². The topological polar surface area (TPSA) is 56.5 Å². The minimum absolute atomic E-state index is 0.519. The van der Waals surface area contributed by atoms with Crippen LogP contribution in [0.4, 0.5) is 11.4 Å². The monoisotopic (exact) mass is 258 g/mol. The number of hydrogen-bond acceptors (Lipinski definition) is 4. The fourth-order valence-corrected chi connectivity index (χ4v) is 1.84. The highest BCUT2D eigenvalue weighted by atomic mass is 16.5. The molecule has 2 aromatic carbocycles. The predicted octanol–water partition coefficient (Wildman–Crippen LogP) is 2.91. The lowest BCUT2D eigenvalue weighted by Crippen LogP contribution is -1.99. The lowest BCUT2D eigenvalue weighted by Gasteiger charge is -2.13. The molecule has 0 saturated heterocycles. The van der Waals surface area contributed by atoms with E-state index in [1.165, 1.54) is 0 Å². The van der Waals surface area contributed by atoms with Gasteiger partial charge in [0.25, 0.3) is 0 Å². The average Bonchev–Trinajstić information content (AvgIpc) is 2.47. The summed E-state index contributed by atoms with van der Waals surface area (Å²) in [6.07, 6.45) is 0. The van der Waals surface area contributed by atoms with Crippen LogP contribution in [0.3, 0.4) is 0 Å². The highest BCUT2D eigenvalue weighted by molar-refractivity contribution is 5.68. The first-order valence-electron chi connectivity index (χ1n) is 6.05. The molecule has 0 heterocycles. The summed E-state index contributed by atoms with van der Waals surface area (Å²) in [5.74, 6) is 1.54. The smallest absolute Gasteiger partial charge is 0.142 e. The molecule has 0 atom stereocenters. The van der Waals surface area contributed by atoms with Crippen molar-refractivity contribution in [3.05, 3.63) is 48.0 Å². The zero-order valence-corrected chi connectivity index (χ0v) is 11.1. The molecule has 2 aromatic rings. The molecule has 0 aliphatic heterocycles. The second-order valence-electron chi connectivity index (χ2n) is 4.10. The van der Waals surface area contributed by atoms with E-state index in [9.17, 15) is 0 Å². The lowest BCUT2D eigenvalue weighted by atomic mass is 10.2. The van der Waals surface area contributed by atoms with E-state index in [0.717, 1.165) is 28.4 Å². The third-order valence-corrected chi connectivity index (χ3v) is 2.85. The van der Waals surface area contributed by atoms with Crippen LogP contribution in [-0.4, -0.2) is 14.2 Å². The largest absolute Gasteiger partial charge is 0.497 e. The summed E-state index contributed by atoms with van der Waals surface area (Å²) in [5.41, 5.74) is 8.54. The van der Waals surface area contributed by atoms with E-state index in [-0.39, 0.29) is 0 Å². The van der Waals surface area contributed by atoms with Crippen molar-refractivity contribution in [3.63, 3.8) is 0 Å². The van der Waals surface area contributed by atoms with Crippen molar-refractivity contribution in [2.24, 2.45) is 5.73 Å². The Kier molecular flexibility index (Phi) is 4.26. The molecule has 100 valence electrons. The van der Waals surface area contributed by atoms with Crippen molar-refractivity contribution in [1.29, 1.82) is 0 Å². The molecule has 0 radical (unpaired) electrons. The number of nitrogens with one attached hydrogen (secondary N) is 1. The van der Waals surface area contributed by atoms with Crippen LogP contribution >= 0.6 is 0 Å². The highest BCUT2D eigenvalue weighted by Gasteiger charge is 2.05. The SMILES string of the molecule is COc1ccc(OC)c(Nc2cccc(CN)c2)c1. The molecule has 3 N–H and O–H groups in total. The van der Waals surface area contributed by atoms with Crippen LogP contribution in [0.1, 0.15) is 5.56 Å². The van der Waals surface area contributed by atoms with E-state index in [0.29, 0.717) is 6.54 Å². The predicted molar refractivity (Wildman–Crippen MR) is 77.2 cm³/mol. The summed E-state index contributed by atoms with van der Waals surface area (Å²) in [5, 5.41) is 3.31. The van der Waals surface area contributed by atoms with Gasteiger partial charge in [-0.3, -0.25) is 0 Å². The molecule has 0 aromatic heterocycles. The molecule has 4 heteroatoms. The van der Waals surface area contributed by atoms with Crippen molar-refractivity contribution in [2.75, 3.05) is 19.5 Å². The minimum atomic E-state index is 0.519. The van der Waals surface area contributed by atoms with Crippen molar-refractivity contribution in [2.45, 2.75) is 6.54 Å². The third-order valence-electron chi connectivity index (χ3n) is 2.85. The lowest BCUT2D eigenvalue weighted by molar-refractivity contribution is 0.405. The highest BCUT2D eigenvalue weighted by Crippen LogP contribution is 2.31. The van der Waals surface area contributed by atoms with Crippen LogP contribution in [-0.2, 0) is 6.54 Å². The van der Waals surface area contributed by atoms with Gasteiger partial charge >= 0.3 is 0 Å². The summed E-state index contributed by atoms with van der Waals surface area (Å²) in [4.78, 5) is 0. The van der Waals surface area contributed by atoms with E-state index in [1.807, 2.05) is 42.5 Å². The number of methoxy groups -OCH3 is 2. The van der Waals surface area contributed by atoms with E-state index >= 15 is 0 Å². The average molecular weight is 258 g/mol. The van der Waals surface area contributed by atoms with E-state index in [2.05, 4.69) is 5.32 Å². The van der Waals surface area contributed by atoms with E-state index in [4.69, 9.17) is 15.2 Å². The van der Waals surface area contributed by atoms with Gasteiger partial charge in [0.2, 0.25) is 0 Å². The molecule has 19 heavy (non-hydrogen) atoms. The first kappa shape index (κ1) is 13.2. The molecule has 0 aliphatic carbocycles. The van der Waals surface area contributed by atoms with Crippen LogP contribution in [0.2, 0.25) is 0 Å². The van der Waals surface area contributed by atoms with Gasteiger partial charge < -0.3 is 20.5 Å². The zero-order valence-electron chi connectivity index (χ0n) is 11.1. The van der Waals surface area contributed by atoms with E-state index < -0.39 is 0 Å². The van der Waals surface area contributed by atoms with Crippen molar-refractivity contribution < 1.29 is 9.47 Å². The molecule has 0 unspecified atom stereocenters. The third kappa shape index (κ3) is 3.17. The Morgan fingerprint density at radius 3 is 2.58 bits per heavy atom. The number of rotatable bonds is 5. The summed E-state index contributed by atoms with van der Waals surface area (Å²) in [6.45, 7) is 0.519. The maximum Gasteiger partial charge on any atom is 0.142 e. The molecule has 0 amide bonds. The van der Waals surface area contributed by atoms with Gasteiger partial charge in [0.1, 0.15) is 11.5 Å². The molecular formula is C15H18N2O2. The van der Waals surface area contributed by atoms with Gasteiger partial charge in [0.05, 0.1) is 19.9 Å². The minimum Gasteiger partial charge on any atom is -0.497 e. The second-order valence-corrected chi connectivity index (χ2v) is 4.10. The first-order chi connectivity index (χ1) is 9.26. The summed E-state index contributed by atoms with van der Waals surface area (Å²) >= 11 is 0. The Hall–Kier alpha value is -2.20. The van der Waals surface area contributed by atoms with Gasteiger partial charge in [-0.05, 0) is 29.8 Å². The quantitative estimate of drug-likeness (QED) is 0.865. The normalized spacial score (nSPS) is 10.1. The summed E-state index contributed by atoms with van der Waals surface area (Å²) in [6, 6.07) is 13.6. The maximum atomic E-state index is 5.64. The molecule has 2 rings (SSSR count). The Morgan fingerprint density at radius 1 is 1.05 bits per heavy atom. The Bertz CT molecular complexity index is 556.